The second kappa shape index (κ2) is 9.21. The van der Waals surface area contributed by atoms with Gasteiger partial charge in [-0.1, -0.05) is 11.3 Å². The zero-order chi connectivity index (χ0) is 27.4. The van der Waals surface area contributed by atoms with Gasteiger partial charge in [0.15, 0.2) is 5.13 Å². The molecule has 0 unspecified atom stereocenters. The van der Waals surface area contributed by atoms with Crippen LogP contribution in [0.2, 0.25) is 0 Å². The fraction of sp³-hybridized carbons (Fsp3) is 0.179. The number of methoxy groups -OCH3 is 1. The largest absolute Gasteiger partial charge is 0.507 e. The van der Waals surface area contributed by atoms with Crippen molar-refractivity contribution in [2.24, 2.45) is 0 Å². The third-order valence-electron chi connectivity index (χ3n) is 6.82. The first-order chi connectivity index (χ1) is 18.7. The normalized spacial score (nSPS) is 19.8. The summed E-state index contributed by atoms with van der Waals surface area (Å²) in [5.41, 5.74) is 2.00. The summed E-state index contributed by atoms with van der Waals surface area (Å²) in [5, 5.41) is 23.0. The van der Waals surface area contributed by atoms with Gasteiger partial charge in [0.2, 0.25) is 0 Å². The first kappa shape index (κ1) is 24.6. The Morgan fingerprint density at radius 1 is 1.15 bits per heavy atom. The van der Waals surface area contributed by atoms with E-state index < -0.39 is 22.7 Å². The molecule has 1 fully saturated rings. The Kier molecular flexibility index (Phi) is 5.80. The molecule has 6 rings (SSSR count). The number of ketones is 1. The van der Waals surface area contributed by atoms with E-state index in [9.17, 15) is 24.8 Å². The van der Waals surface area contributed by atoms with Crippen LogP contribution in [-0.2, 0) is 16.0 Å². The monoisotopic (exact) mass is 543 g/mol. The van der Waals surface area contributed by atoms with Crippen molar-refractivity contribution in [2.75, 3.05) is 12.0 Å². The number of nitro benzene ring substituents is 1. The minimum absolute atomic E-state index is 0.0132. The molecule has 0 aliphatic carbocycles. The zero-order valence-electron chi connectivity index (χ0n) is 20.8. The van der Waals surface area contributed by atoms with Crippen LogP contribution >= 0.6 is 11.3 Å². The number of amides is 1. The minimum atomic E-state index is -1.06. The molecule has 0 bridgehead atoms. The number of Topliss-reactive ketones (excluding diaryl/α,β-unsaturated/α-hetero) is 1. The number of aliphatic hydroxyl groups excluding tert-OH is 1. The van der Waals surface area contributed by atoms with Crippen LogP contribution in [-0.4, -0.2) is 39.9 Å². The maximum absolute atomic E-state index is 13.5. The summed E-state index contributed by atoms with van der Waals surface area (Å²) in [5.74, 6) is -0.760. The summed E-state index contributed by atoms with van der Waals surface area (Å²) in [6.07, 6.45) is 0.631. The average molecular weight is 544 g/mol. The third-order valence-corrected chi connectivity index (χ3v) is 7.84. The van der Waals surface area contributed by atoms with Crippen LogP contribution < -0.4 is 14.4 Å². The third kappa shape index (κ3) is 4.07. The molecule has 10 nitrogen and oxygen atoms in total. The molecule has 3 heterocycles. The summed E-state index contributed by atoms with van der Waals surface area (Å²) in [4.78, 5) is 43.5. The van der Waals surface area contributed by atoms with Gasteiger partial charge in [-0.3, -0.25) is 24.6 Å². The maximum atomic E-state index is 13.5. The summed E-state index contributed by atoms with van der Waals surface area (Å²) >= 11 is 1.20. The van der Waals surface area contributed by atoms with E-state index in [-0.39, 0.29) is 28.3 Å². The van der Waals surface area contributed by atoms with Gasteiger partial charge in [0.05, 0.1) is 33.9 Å². The topological polar surface area (TPSA) is 132 Å². The fourth-order valence-electron chi connectivity index (χ4n) is 4.97. The van der Waals surface area contributed by atoms with Crippen molar-refractivity contribution >= 4 is 49.8 Å². The van der Waals surface area contributed by atoms with Gasteiger partial charge >= 0.3 is 5.91 Å². The smallest absolute Gasteiger partial charge is 0.301 e. The molecule has 1 amide bonds. The van der Waals surface area contributed by atoms with E-state index in [1.54, 1.807) is 43.5 Å². The number of hydrogen-bond acceptors (Lipinski definition) is 9. The molecule has 2 atom stereocenters. The van der Waals surface area contributed by atoms with Gasteiger partial charge in [-0.2, -0.15) is 0 Å². The van der Waals surface area contributed by atoms with E-state index in [1.807, 2.05) is 6.92 Å². The van der Waals surface area contributed by atoms with E-state index in [0.29, 0.717) is 34.6 Å². The molecule has 1 aromatic heterocycles. The van der Waals surface area contributed by atoms with Crippen molar-refractivity contribution in [2.45, 2.75) is 25.5 Å². The van der Waals surface area contributed by atoms with Crippen molar-refractivity contribution in [3.63, 3.8) is 0 Å². The number of non-ortho nitro benzene ring substituents is 1. The number of nitro groups is 1. The lowest BCUT2D eigenvalue weighted by Gasteiger charge is -2.23. The Balaban J connectivity index is 1.52. The number of hydrogen-bond donors (Lipinski definition) is 1. The average Bonchev–Trinajstić information content (AvgIpc) is 3.59. The van der Waals surface area contributed by atoms with Crippen LogP contribution in [0.15, 0.2) is 66.2 Å². The standard InChI is InChI=1S/C28H21N3O7S/c1-14-11-17-12-16(5-10-21(17)38-14)25(32)23-24(15-3-6-18(7-4-15)31(35)36)30(27(34)26(23)33)28-29-20-9-8-19(37-2)13-22(20)39-28/h3-10,12-14,24,32H,11H2,1-2H3/b25-23+/t14-,24+/m0/s1. The molecule has 0 saturated carbocycles. The zero-order valence-corrected chi connectivity index (χ0v) is 21.6. The molecular formula is C28H21N3O7S. The highest BCUT2D eigenvalue weighted by atomic mass is 32.1. The van der Waals surface area contributed by atoms with Crippen LogP contribution in [0.5, 0.6) is 11.5 Å². The molecule has 196 valence electrons. The van der Waals surface area contributed by atoms with E-state index in [0.717, 1.165) is 10.3 Å². The SMILES string of the molecule is COc1ccc2nc(N3C(=O)C(=O)/C(=C(/O)c4ccc5c(c4)C[C@H](C)O5)[C@H]3c3ccc([N+](=O)[O-])cc3)sc2c1. The molecule has 2 aliphatic rings. The Hall–Kier alpha value is -4.77. The van der Waals surface area contributed by atoms with E-state index in [4.69, 9.17) is 9.47 Å². The number of carbonyl (C=O) groups is 2. The number of aliphatic hydroxyl groups is 1. The van der Waals surface area contributed by atoms with E-state index in [1.165, 1.54) is 40.5 Å². The van der Waals surface area contributed by atoms with E-state index >= 15 is 0 Å². The second-order valence-corrected chi connectivity index (χ2v) is 10.3. The van der Waals surface area contributed by atoms with Crippen LogP contribution in [0.25, 0.3) is 16.0 Å². The number of thiazole rings is 1. The van der Waals surface area contributed by atoms with Crippen LogP contribution in [0.3, 0.4) is 0 Å². The number of carbonyl (C=O) groups excluding carboxylic acids is 2. The summed E-state index contributed by atoms with van der Waals surface area (Å²) in [7, 11) is 1.54. The highest BCUT2D eigenvalue weighted by Crippen LogP contribution is 2.45. The van der Waals surface area contributed by atoms with Crippen molar-refractivity contribution < 1.29 is 29.1 Å². The number of rotatable bonds is 5. The Morgan fingerprint density at radius 3 is 2.64 bits per heavy atom. The van der Waals surface area contributed by atoms with Gasteiger partial charge < -0.3 is 14.6 Å². The molecule has 39 heavy (non-hydrogen) atoms. The maximum Gasteiger partial charge on any atom is 0.301 e. The first-order valence-electron chi connectivity index (χ1n) is 12.0. The number of ether oxygens (including phenoxy) is 2. The Bertz CT molecular complexity index is 1710. The van der Waals surface area contributed by atoms with Crippen molar-refractivity contribution in [3.8, 4) is 11.5 Å². The number of aromatic nitrogens is 1. The summed E-state index contributed by atoms with van der Waals surface area (Å²) in [6, 6.07) is 14.9. The number of nitrogens with zero attached hydrogens (tertiary/aromatic N) is 3. The van der Waals surface area contributed by atoms with Crippen LogP contribution in [0.4, 0.5) is 10.8 Å². The molecule has 2 aliphatic heterocycles. The Morgan fingerprint density at radius 2 is 1.92 bits per heavy atom. The fourth-order valence-corrected chi connectivity index (χ4v) is 5.99. The molecule has 11 heteroatoms. The predicted octanol–water partition coefficient (Wildman–Crippen LogP) is 5.16. The number of benzene rings is 3. The lowest BCUT2D eigenvalue weighted by Crippen LogP contribution is -2.29. The minimum Gasteiger partial charge on any atom is -0.507 e. The predicted molar refractivity (Wildman–Crippen MR) is 144 cm³/mol. The van der Waals surface area contributed by atoms with Gasteiger partial charge in [0, 0.05) is 24.1 Å². The van der Waals surface area contributed by atoms with Crippen molar-refractivity contribution in [3.05, 3.63) is 93.0 Å². The lowest BCUT2D eigenvalue weighted by molar-refractivity contribution is -0.384. The molecule has 1 saturated heterocycles. The summed E-state index contributed by atoms with van der Waals surface area (Å²) in [6.45, 7) is 1.94. The van der Waals surface area contributed by atoms with Gasteiger partial charge in [-0.15, -0.1) is 0 Å². The van der Waals surface area contributed by atoms with Crippen molar-refractivity contribution in [1.82, 2.24) is 4.98 Å². The van der Waals surface area contributed by atoms with Crippen LogP contribution in [0, 0.1) is 10.1 Å². The van der Waals surface area contributed by atoms with Gasteiger partial charge in [0.1, 0.15) is 23.4 Å². The Labute approximate surface area is 225 Å². The molecule has 4 aromatic rings. The van der Waals surface area contributed by atoms with Crippen LogP contribution in [0.1, 0.15) is 29.7 Å². The quantitative estimate of drug-likeness (QED) is 0.120. The van der Waals surface area contributed by atoms with Crippen molar-refractivity contribution in [1.29, 1.82) is 0 Å². The number of anilines is 1. The molecular weight excluding hydrogens is 522 g/mol. The molecule has 0 radical (unpaired) electrons. The molecule has 1 N–H and O–H groups in total. The van der Waals surface area contributed by atoms with Gasteiger partial charge in [-0.25, -0.2) is 4.98 Å². The second-order valence-electron chi connectivity index (χ2n) is 9.30. The highest BCUT2D eigenvalue weighted by Gasteiger charge is 2.48. The highest BCUT2D eigenvalue weighted by molar-refractivity contribution is 7.22. The molecule has 0 spiro atoms. The van der Waals surface area contributed by atoms with E-state index in [2.05, 4.69) is 4.98 Å². The van der Waals surface area contributed by atoms with Gasteiger partial charge in [-0.05, 0) is 66.6 Å². The number of fused-ring (bicyclic) bond motifs is 2. The molecule has 3 aromatic carbocycles. The lowest BCUT2D eigenvalue weighted by atomic mass is 9.94. The summed E-state index contributed by atoms with van der Waals surface area (Å²) < 4.78 is 11.8. The first-order valence-corrected chi connectivity index (χ1v) is 12.9. The van der Waals surface area contributed by atoms with Gasteiger partial charge in [0.25, 0.3) is 11.5 Å².